The van der Waals surface area contributed by atoms with Gasteiger partial charge in [0, 0.05) is 49.5 Å². The topological polar surface area (TPSA) is 56.7 Å². The zero-order chi connectivity index (χ0) is 45.7. The predicted molar refractivity (Wildman–Crippen MR) is 287 cm³/mol. The predicted octanol–water partition coefficient (Wildman–Crippen LogP) is 12.9. The molecule has 0 radical (unpaired) electrons. The van der Waals surface area contributed by atoms with Gasteiger partial charge in [0.15, 0.2) is 25.5 Å². The van der Waals surface area contributed by atoms with Gasteiger partial charge < -0.3 is 8.98 Å². The van der Waals surface area contributed by atoms with Crippen LogP contribution in [0.2, 0.25) is 0 Å². The third-order valence-corrected chi connectivity index (χ3v) is 18.4. The van der Waals surface area contributed by atoms with Gasteiger partial charge in [0.1, 0.15) is 11.2 Å². The molecule has 3 aromatic heterocycles. The lowest BCUT2D eigenvalue weighted by atomic mass is 9.97. The minimum atomic E-state index is -2.87. The maximum atomic E-state index is 6.61. The molecule has 13 aromatic rings. The van der Waals surface area contributed by atoms with Crippen molar-refractivity contribution in [3.05, 3.63) is 255 Å². The van der Waals surface area contributed by atoms with Crippen molar-refractivity contribution in [3.63, 3.8) is 0 Å². The summed E-state index contributed by atoms with van der Waals surface area (Å²) in [6.45, 7) is 0. The molecule has 69 heavy (non-hydrogen) atoms. The summed E-state index contributed by atoms with van der Waals surface area (Å²) < 4.78 is 8.95. The number of benzene rings is 10. The molecule has 0 amide bonds. The fourth-order valence-corrected chi connectivity index (χ4v) is 15.3. The molecule has 0 atom stereocenters. The molecule has 0 bridgehead atoms. The summed E-state index contributed by atoms with van der Waals surface area (Å²) in [4.78, 5) is 16.2. The van der Waals surface area contributed by atoms with E-state index in [1.807, 2.05) is 12.1 Å². The maximum absolute atomic E-state index is 6.61. The van der Waals surface area contributed by atoms with Gasteiger partial charge in [-0.2, -0.15) is 0 Å². The molecule has 0 saturated carbocycles. The Balaban J connectivity index is 1.02. The van der Waals surface area contributed by atoms with Crippen LogP contribution in [0.25, 0.3) is 94.7 Å². The van der Waals surface area contributed by atoms with Crippen molar-refractivity contribution in [1.82, 2.24) is 19.5 Å². The second kappa shape index (κ2) is 16.7. The molecule has 0 aliphatic rings. The SMILES string of the molecule is c1ccc([Si](c2ccccc2)(c2ccccc2)c2cccc(-c3nc(-c4ccc(-n5c6ccccc6c6ccccc65)cc4)nc(-c4ccccc4-c4cccc5c4oc4ccccc45)n3)c2)cc1. The highest BCUT2D eigenvalue weighted by Gasteiger charge is 2.41. The van der Waals surface area contributed by atoms with Crippen molar-refractivity contribution in [1.29, 1.82) is 0 Å². The van der Waals surface area contributed by atoms with Crippen molar-refractivity contribution in [3.8, 4) is 51.0 Å². The molecule has 0 saturated heterocycles. The van der Waals surface area contributed by atoms with Crippen LogP contribution in [-0.4, -0.2) is 27.6 Å². The summed E-state index contributed by atoms with van der Waals surface area (Å²) in [6, 6.07) is 90.7. The molecule has 0 aliphatic carbocycles. The molecule has 5 nitrogen and oxygen atoms in total. The summed E-state index contributed by atoms with van der Waals surface area (Å²) in [5, 5.41) is 9.74. The number of hydrogen-bond donors (Lipinski definition) is 0. The molecule has 324 valence electrons. The molecule has 0 unspecified atom stereocenters. The van der Waals surface area contributed by atoms with Gasteiger partial charge in [-0.1, -0.05) is 212 Å². The van der Waals surface area contributed by atoms with Gasteiger partial charge in [0.2, 0.25) is 0 Å². The van der Waals surface area contributed by atoms with E-state index in [9.17, 15) is 0 Å². The summed E-state index contributed by atoms with van der Waals surface area (Å²) in [7, 11) is -2.87. The van der Waals surface area contributed by atoms with Gasteiger partial charge in [-0.25, -0.2) is 15.0 Å². The van der Waals surface area contributed by atoms with E-state index in [0.29, 0.717) is 17.5 Å². The highest BCUT2D eigenvalue weighted by molar-refractivity contribution is 7.19. The fourth-order valence-electron chi connectivity index (χ4n) is 10.5. The Labute approximate surface area is 400 Å². The van der Waals surface area contributed by atoms with Crippen LogP contribution in [0.1, 0.15) is 0 Å². The van der Waals surface area contributed by atoms with E-state index in [0.717, 1.165) is 66.5 Å². The lowest BCUT2D eigenvalue weighted by Gasteiger charge is -2.34. The van der Waals surface area contributed by atoms with Crippen LogP contribution in [0, 0.1) is 0 Å². The van der Waals surface area contributed by atoms with Gasteiger partial charge in [0.25, 0.3) is 0 Å². The normalized spacial score (nSPS) is 11.8. The number of aromatic nitrogens is 4. The molecule has 10 aromatic carbocycles. The molecule has 0 aliphatic heterocycles. The average Bonchev–Trinajstić information content (AvgIpc) is 3.98. The van der Waals surface area contributed by atoms with Crippen LogP contribution < -0.4 is 20.7 Å². The van der Waals surface area contributed by atoms with Crippen molar-refractivity contribution < 1.29 is 4.42 Å². The van der Waals surface area contributed by atoms with Crippen molar-refractivity contribution in [2.75, 3.05) is 0 Å². The van der Waals surface area contributed by atoms with Crippen LogP contribution in [0.3, 0.4) is 0 Å². The van der Waals surface area contributed by atoms with E-state index in [2.05, 4.69) is 247 Å². The minimum absolute atomic E-state index is 0.577. The minimum Gasteiger partial charge on any atom is -0.455 e. The maximum Gasteiger partial charge on any atom is 0.179 e. The first kappa shape index (κ1) is 40.3. The second-order valence-corrected chi connectivity index (χ2v) is 21.3. The highest BCUT2D eigenvalue weighted by Crippen LogP contribution is 2.40. The number of furan rings is 1. The van der Waals surface area contributed by atoms with Crippen LogP contribution in [0.4, 0.5) is 0 Å². The fraction of sp³-hybridized carbons (Fsp3) is 0. The number of rotatable bonds is 9. The Morgan fingerprint density at radius 1 is 0.319 bits per heavy atom. The summed E-state index contributed by atoms with van der Waals surface area (Å²) in [5.41, 5.74) is 9.71. The van der Waals surface area contributed by atoms with Gasteiger partial charge in [-0.15, -0.1) is 0 Å². The number of para-hydroxylation sites is 4. The Kier molecular flexibility index (Phi) is 9.77. The first-order valence-electron chi connectivity index (χ1n) is 23.3. The zero-order valence-electron chi connectivity index (χ0n) is 37.4. The van der Waals surface area contributed by atoms with Crippen molar-refractivity contribution >= 4 is 72.6 Å². The van der Waals surface area contributed by atoms with Gasteiger partial charge in [-0.05, 0) is 68.8 Å². The molecule has 0 fully saturated rings. The van der Waals surface area contributed by atoms with E-state index in [4.69, 9.17) is 19.4 Å². The average molecular weight is 899 g/mol. The van der Waals surface area contributed by atoms with E-state index < -0.39 is 8.07 Å². The first-order chi connectivity index (χ1) is 34.2. The van der Waals surface area contributed by atoms with Crippen molar-refractivity contribution in [2.45, 2.75) is 0 Å². The molecular weight excluding hydrogens is 857 g/mol. The van der Waals surface area contributed by atoms with Crippen molar-refractivity contribution in [2.24, 2.45) is 0 Å². The summed E-state index contributed by atoms with van der Waals surface area (Å²) >= 11 is 0. The van der Waals surface area contributed by atoms with E-state index in [1.165, 1.54) is 31.5 Å². The smallest absolute Gasteiger partial charge is 0.179 e. The Morgan fingerprint density at radius 2 is 0.783 bits per heavy atom. The molecule has 13 rings (SSSR count). The number of hydrogen-bond acceptors (Lipinski definition) is 4. The summed E-state index contributed by atoms with van der Waals surface area (Å²) in [6.07, 6.45) is 0. The van der Waals surface area contributed by atoms with Crippen LogP contribution in [-0.2, 0) is 0 Å². The highest BCUT2D eigenvalue weighted by atomic mass is 28.3. The first-order valence-corrected chi connectivity index (χ1v) is 25.3. The zero-order valence-corrected chi connectivity index (χ0v) is 38.4. The number of nitrogens with zero attached hydrogens (tertiary/aromatic N) is 4. The van der Waals surface area contributed by atoms with Crippen LogP contribution in [0.5, 0.6) is 0 Å². The lowest BCUT2D eigenvalue weighted by molar-refractivity contribution is 0.670. The number of fused-ring (bicyclic) bond motifs is 6. The largest absolute Gasteiger partial charge is 0.455 e. The Morgan fingerprint density at radius 3 is 1.42 bits per heavy atom. The third-order valence-electron chi connectivity index (χ3n) is 13.6. The third kappa shape index (κ3) is 6.72. The molecule has 3 heterocycles. The molecule has 6 heteroatoms. The Bertz CT molecular complexity index is 3860. The lowest BCUT2D eigenvalue weighted by Crippen LogP contribution is -2.74. The van der Waals surface area contributed by atoms with Crippen LogP contribution in [0.15, 0.2) is 259 Å². The van der Waals surface area contributed by atoms with E-state index in [-0.39, 0.29) is 0 Å². The molecular formula is C63H42N4OSi. The monoisotopic (exact) mass is 898 g/mol. The molecule has 0 spiro atoms. The molecule has 0 N–H and O–H groups in total. The summed E-state index contributed by atoms with van der Waals surface area (Å²) in [5.74, 6) is 1.76. The Hall–Kier alpha value is -8.97. The van der Waals surface area contributed by atoms with Crippen LogP contribution >= 0.6 is 0 Å². The van der Waals surface area contributed by atoms with Gasteiger partial charge in [-0.3, -0.25) is 0 Å². The second-order valence-electron chi connectivity index (χ2n) is 17.5. The quantitative estimate of drug-likeness (QED) is 0.107. The van der Waals surface area contributed by atoms with Gasteiger partial charge >= 0.3 is 0 Å². The standard InChI is InChI=1S/C63H42N4OSi/c1-4-21-46(22-5-1)69(47-23-6-2-7-24-47,48-25-8-3-9-26-48)49-27-18-20-44(42-49)62-64-61(43-38-40-45(41-39-43)67-57-35-15-12-29-51(57)52-30-13-16-36-58(52)67)65-63(66-62)56-32-11-10-28-50(56)54-33-19-34-55-53-31-14-17-37-59(53)68-60(54)55/h1-42H. The van der Waals surface area contributed by atoms with Gasteiger partial charge in [0.05, 0.1) is 11.0 Å². The van der Waals surface area contributed by atoms with E-state index >= 15 is 0 Å². The van der Waals surface area contributed by atoms with E-state index in [1.54, 1.807) is 0 Å².